The minimum Gasteiger partial charge on any atom is -0.337 e. The lowest BCUT2D eigenvalue weighted by atomic mass is 10.3. The van der Waals surface area contributed by atoms with Crippen LogP contribution in [0.5, 0.6) is 0 Å². The third-order valence-electron chi connectivity index (χ3n) is 2.28. The zero-order valence-electron chi connectivity index (χ0n) is 8.60. The monoisotopic (exact) mass is 221 g/mol. The summed E-state index contributed by atoms with van der Waals surface area (Å²) in [7, 11) is 0. The van der Waals surface area contributed by atoms with Gasteiger partial charge in [-0.15, -0.1) is 11.3 Å². The first-order valence-corrected chi connectivity index (χ1v) is 5.99. The molecule has 0 spiro atoms. The number of aryl methyl sites for hydroxylation is 2. The van der Waals surface area contributed by atoms with Crippen LogP contribution < -0.4 is 5.73 Å². The fourth-order valence-corrected chi connectivity index (χ4v) is 2.20. The number of hydrogen-bond acceptors (Lipinski definition) is 3. The Balaban J connectivity index is 1.88. The molecular weight excluding hydrogens is 206 g/mol. The van der Waals surface area contributed by atoms with E-state index >= 15 is 0 Å². The highest BCUT2D eigenvalue weighted by Gasteiger charge is 1.98. The first kappa shape index (κ1) is 10.4. The summed E-state index contributed by atoms with van der Waals surface area (Å²) in [6.07, 6.45) is 5.92. The van der Waals surface area contributed by atoms with Crippen molar-refractivity contribution in [3.63, 3.8) is 0 Å². The summed E-state index contributed by atoms with van der Waals surface area (Å²) in [5.74, 6) is 0. The smallest absolute Gasteiger partial charge is 0.0949 e. The van der Waals surface area contributed by atoms with Gasteiger partial charge >= 0.3 is 0 Å². The van der Waals surface area contributed by atoms with Crippen molar-refractivity contribution in [2.75, 3.05) is 6.54 Å². The Morgan fingerprint density at radius 3 is 3.07 bits per heavy atom. The predicted molar refractivity (Wildman–Crippen MR) is 63.0 cm³/mol. The van der Waals surface area contributed by atoms with Gasteiger partial charge in [0, 0.05) is 24.0 Å². The van der Waals surface area contributed by atoms with Crippen LogP contribution in [0.15, 0.2) is 30.0 Å². The molecule has 0 fully saturated rings. The molecule has 0 aliphatic rings. The van der Waals surface area contributed by atoms with Crippen molar-refractivity contribution in [2.24, 2.45) is 5.73 Å². The van der Waals surface area contributed by atoms with E-state index in [2.05, 4.69) is 33.3 Å². The quantitative estimate of drug-likeness (QED) is 0.835. The van der Waals surface area contributed by atoms with Gasteiger partial charge in [0.1, 0.15) is 0 Å². The van der Waals surface area contributed by atoms with Gasteiger partial charge in [0.05, 0.1) is 12.0 Å². The Morgan fingerprint density at radius 2 is 2.33 bits per heavy atom. The molecule has 3 nitrogen and oxygen atoms in total. The van der Waals surface area contributed by atoms with Gasteiger partial charge in [-0.25, -0.2) is 4.98 Å². The Bertz CT molecular complexity index is 392. The summed E-state index contributed by atoms with van der Waals surface area (Å²) in [4.78, 5) is 5.71. The number of thiophene rings is 1. The molecule has 0 saturated heterocycles. The lowest BCUT2D eigenvalue weighted by Gasteiger charge is -1.99. The Hall–Kier alpha value is -1.13. The summed E-state index contributed by atoms with van der Waals surface area (Å²) in [6, 6.07) is 4.26. The highest BCUT2D eigenvalue weighted by atomic mass is 32.1. The SMILES string of the molecule is NCCc1cn(CCc2cccs2)cn1. The molecule has 0 aliphatic heterocycles. The average molecular weight is 221 g/mol. The van der Waals surface area contributed by atoms with Crippen molar-refractivity contribution in [3.05, 3.63) is 40.6 Å². The fourth-order valence-electron chi connectivity index (χ4n) is 1.50. The summed E-state index contributed by atoms with van der Waals surface area (Å²) >= 11 is 1.81. The minimum atomic E-state index is 0.669. The first-order valence-electron chi connectivity index (χ1n) is 5.11. The van der Waals surface area contributed by atoms with Crippen LogP contribution >= 0.6 is 11.3 Å². The molecule has 0 aromatic carbocycles. The number of rotatable bonds is 5. The molecule has 0 aliphatic carbocycles. The molecule has 0 radical (unpaired) electrons. The van der Waals surface area contributed by atoms with Gasteiger partial charge in [0.15, 0.2) is 0 Å². The molecule has 0 bridgehead atoms. The maximum absolute atomic E-state index is 5.47. The Kier molecular flexibility index (Phi) is 3.53. The van der Waals surface area contributed by atoms with Crippen LogP contribution in [0.4, 0.5) is 0 Å². The van der Waals surface area contributed by atoms with Gasteiger partial charge in [-0.3, -0.25) is 0 Å². The van der Waals surface area contributed by atoms with Gasteiger partial charge in [-0.2, -0.15) is 0 Å². The third-order valence-corrected chi connectivity index (χ3v) is 3.22. The maximum atomic E-state index is 5.47. The van der Waals surface area contributed by atoms with E-state index in [-0.39, 0.29) is 0 Å². The fraction of sp³-hybridized carbons (Fsp3) is 0.364. The number of imidazole rings is 1. The number of hydrogen-bond donors (Lipinski definition) is 1. The molecule has 2 aromatic heterocycles. The van der Waals surface area contributed by atoms with E-state index in [9.17, 15) is 0 Å². The number of nitrogens with zero attached hydrogens (tertiary/aromatic N) is 2. The summed E-state index contributed by atoms with van der Waals surface area (Å²) in [5, 5.41) is 2.11. The van der Waals surface area contributed by atoms with E-state index in [1.165, 1.54) is 4.88 Å². The molecule has 80 valence electrons. The molecule has 2 N–H and O–H groups in total. The number of nitrogens with two attached hydrogens (primary N) is 1. The molecule has 2 rings (SSSR count). The van der Waals surface area contributed by atoms with Gasteiger partial charge in [-0.05, 0) is 24.4 Å². The molecular formula is C11H15N3S. The standard InChI is InChI=1S/C11H15N3S/c12-5-3-10-8-14(9-13-10)6-4-11-2-1-7-15-11/h1-2,7-9H,3-6,12H2. The molecule has 0 amide bonds. The van der Waals surface area contributed by atoms with Crippen LogP contribution in [-0.4, -0.2) is 16.1 Å². The third kappa shape index (κ3) is 2.91. The number of aromatic nitrogens is 2. The molecule has 0 atom stereocenters. The summed E-state index contributed by atoms with van der Waals surface area (Å²) in [5.41, 5.74) is 6.56. The zero-order chi connectivity index (χ0) is 10.5. The van der Waals surface area contributed by atoms with Crippen molar-refractivity contribution >= 4 is 11.3 Å². The normalized spacial score (nSPS) is 10.7. The van der Waals surface area contributed by atoms with Crippen LogP contribution in [0, 0.1) is 0 Å². The van der Waals surface area contributed by atoms with Gasteiger partial charge in [0.2, 0.25) is 0 Å². The average Bonchev–Trinajstić information content (AvgIpc) is 2.85. The first-order chi connectivity index (χ1) is 7.38. The van der Waals surface area contributed by atoms with Crippen LogP contribution in [0.25, 0.3) is 0 Å². The lowest BCUT2D eigenvalue weighted by Crippen LogP contribution is -2.03. The largest absolute Gasteiger partial charge is 0.337 e. The van der Waals surface area contributed by atoms with Crippen molar-refractivity contribution in [3.8, 4) is 0 Å². The minimum absolute atomic E-state index is 0.669. The predicted octanol–water partition coefficient (Wildman–Crippen LogP) is 1.69. The highest BCUT2D eigenvalue weighted by molar-refractivity contribution is 7.09. The molecule has 0 saturated carbocycles. The van der Waals surface area contributed by atoms with E-state index in [0.29, 0.717) is 6.54 Å². The molecule has 15 heavy (non-hydrogen) atoms. The topological polar surface area (TPSA) is 43.8 Å². The maximum Gasteiger partial charge on any atom is 0.0949 e. The highest BCUT2D eigenvalue weighted by Crippen LogP contribution is 2.10. The van der Waals surface area contributed by atoms with Gasteiger partial charge in [-0.1, -0.05) is 6.07 Å². The molecule has 2 aromatic rings. The molecule has 0 unspecified atom stereocenters. The summed E-state index contributed by atoms with van der Waals surface area (Å²) in [6.45, 7) is 1.67. The Labute approximate surface area is 93.6 Å². The lowest BCUT2D eigenvalue weighted by molar-refractivity contribution is 0.700. The molecule has 2 heterocycles. The van der Waals surface area contributed by atoms with E-state index in [0.717, 1.165) is 25.1 Å². The van der Waals surface area contributed by atoms with E-state index in [1.807, 2.05) is 6.33 Å². The van der Waals surface area contributed by atoms with Crippen molar-refractivity contribution in [2.45, 2.75) is 19.4 Å². The van der Waals surface area contributed by atoms with Gasteiger partial charge in [0.25, 0.3) is 0 Å². The molecule has 4 heteroatoms. The van der Waals surface area contributed by atoms with E-state index < -0.39 is 0 Å². The second-order valence-corrected chi connectivity index (χ2v) is 4.50. The van der Waals surface area contributed by atoms with Crippen molar-refractivity contribution in [1.29, 1.82) is 0 Å². The van der Waals surface area contributed by atoms with Crippen LogP contribution in [0.1, 0.15) is 10.6 Å². The zero-order valence-corrected chi connectivity index (χ0v) is 9.41. The van der Waals surface area contributed by atoms with Crippen molar-refractivity contribution < 1.29 is 0 Å². The van der Waals surface area contributed by atoms with Gasteiger partial charge < -0.3 is 10.3 Å². The van der Waals surface area contributed by atoms with Crippen LogP contribution in [0.2, 0.25) is 0 Å². The Morgan fingerprint density at radius 1 is 1.40 bits per heavy atom. The van der Waals surface area contributed by atoms with E-state index in [1.54, 1.807) is 11.3 Å². The van der Waals surface area contributed by atoms with E-state index in [4.69, 9.17) is 5.73 Å². The van der Waals surface area contributed by atoms with Crippen molar-refractivity contribution in [1.82, 2.24) is 9.55 Å². The van der Waals surface area contributed by atoms with Crippen LogP contribution in [0.3, 0.4) is 0 Å². The summed E-state index contributed by atoms with van der Waals surface area (Å²) < 4.78 is 2.13. The second kappa shape index (κ2) is 5.09. The second-order valence-electron chi connectivity index (χ2n) is 3.47. The van der Waals surface area contributed by atoms with Crippen LogP contribution in [-0.2, 0) is 19.4 Å².